The van der Waals surface area contributed by atoms with E-state index in [4.69, 9.17) is 18.0 Å². The van der Waals surface area contributed by atoms with Gasteiger partial charge in [0.05, 0.1) is 11.8 Å². The van der Waals surface area contributed by atoms with Crippen LogP contribution in [-0.2, 0) is 6.54 Å². The quantitative estimate of drug-likeness (QED) is 0.757. The molecule has 1 aromatic heterocycles. The first-order valence-electron chi connectivity index (χ1n) is 6.77. The number of hydrogen-bond donors (Lipinski definition) is 2. The zero-order valence-electron chi connectivity index (χ0n) is 12.0. The maximum absolute atomic E-state index is 9.89. The van der Waals surface area contributed by atoms with Gasteiger partial charge in [-0.25, -0.2) is 0 Å². The van der Waals surface area contributed by atoms with Crippen molar-refractivity contribution >= 4 is 17.2 Å². The Labute approximate surface area is 125 Å². The van der Waals surface area contributed by atoms with E-state index < -0.39 is 0 Å². The molecule has 5 nitrogen and oxygen atoms in total. The van der Waals surface area contributed by atoms with E-state index in [1.165, 1.54) is 0 Å². The lowest BCUT2D eigenvalue weighted by molar-refractivity contribution is 0.169. The van der Waals surface area contributed by atoms with Crippen molar-refractivity contribution in [1.82, 2.24) is 14.8 Å². The van der Waals surface area contributed by atoms with E-state index in [2.05, 4.69) is 28.9 Å². The number of β-amino-alcohol motifs (C(OH)–C–C–N with tert-alkyl or cyclic N) is 1. The van der Waals surface area contributed by atoms with Crippen LogP contribution in [0.2, 0.25) is 0 Å². The number of hydrogen-bond acceptors (Lipinski definition) is 5. The summed E-state index contributed by atoms with van der Waals surface area (Å²) in [6, 6.07) is 4.28. The summed E-state index contributed by atoms with van der Waals surface area (Å²) < 4.78 is 0. The Morgan fingerprint density at radius 3 is 3.00 bits per heavy atom. The van der Waals surface area contributed by atoms with Crippen LogP contribution in [0.4, 0.5) is 0 Å². The van der Waals surface area contributed by atoms with Crippen LogP contribution in [0.5, 0.6) is 0 Å². The van der Waals surface area contributed by atoms with Gasteiger partial charge in [0, 0.05) is 31.9 Å². The SMILES string of the molecule is CN(C)CC1CC(O)CN1Cc1ccnc(C(N)=S)c1. The minimum absolute atomic E-state index is 0.239. The molecular weight excluding hydrogens is 272 g/mol. The van der Waals surface area contributed by atoms with Crippen molar-refractivity contribution in [2.24, 2.45) is 5.73 Å². The largest absolute Gasteiger partial charge is 0.392 e. The molecule has 0 aromatic carbocycles. The second-order valence-electron chi connectivity index (χ2n) is 5.65. The summed E-state index contributed by atoms with van der Waals surface area (Å²) in [5.41, 5.74) is 7.39. The summed E-state index contributed by atoms with van der Waals surface area (Å²) in [5, 5.41) is 9.89. The lowest BCUT2D eigenvalue weighted by Gasteiger charge is -2.26. The van der Waals surface area contributed by atoms with Crippen LogP contribution in [0.15, 0.2) is 18.3 Å². The van der Waals surface area contributed by atoms with Gasteiger partial charge < -0.3 is 15.7 Å². The molecule has 1 aliphatic heterocycles. The molecule has 1 fully saturated rings. The lowest BCUT2D eigenvalue weighted by atomic mass is 10.1. The van der Waals surface area contributed by atoms with Crippen molar-refractivity contribution in [3.8, 4) is 0 Å². The Kier molecular flexibility index (Phi) is 5.04. The Balaban J connectivity index is 2.07. The van der Waals surface area contributed by atoms with E-state index in [0.717, 1.165) is 25.1 Å². The number of likely N-dealkylation sites (N-methyl/N-ethyl adjacent to an activating group) is 1. The molecule has 0 amide bonds. The van der Waals surface area contributed by atoms with E-state index in [0.29, 0.717) is 23.3 Å². The van der Waals surface area contributed by atoms with E-state index in [1.54, 1.807) is 6.20 Å². The highest BCUT2D eigenvalue weighted by molar-refractivity contribution is 7.80. The molecule has 20 heavy (non-hydrogen) atoms. The predicted octanol–water partition coefficient (Wildman–Crippen LogP) is 0.213. The third kappa shape index (κ3) is 3.96. The summed E-state index contributed by atoms with van der Waals surface area (Å²) in [6.45, 7) is 2.45. The number of aromatic nitrogens is 1. The van der Waals surface area contributed by atoms with E-state index >= 15 is 0 Å². The molecule has 0 aliphatic carbocycles. The number of nitrogens with two attached hydrogens (primary N) is 1. The molecule has 1 aromatic rings. The van der Waals surface area contributed by atoms with Crippen LogP contribution in [0.3, 0.4) is 0 Å². The number of rotatable bonds is 5. The fourth-order valence-electron chi connectivity index (χ4n) is 2.70. The molecule has 2 rings (SSSR count). The molecule has 1 aliphatic rings. The standard InChI is InChI=1S/C14H22N4OS/c1-17(2)8-11-6-12(19)9-18(11)7-10-3-4-16-13(5-10)14(15)20/h3-5,11-12,19H,6-9H2,1-2H3,(H2,15,20). The first-order valence-corrected chi connectivity index (χ1v) is 7.18. The van der Waals surface area contributed by atoms with E-state index in [1.807, 2.05) is 12.1 Å². The maximum atomic E-state index is 9.89. The molecule has 2 atom stereocenters. The van der Waals surface area contributed by atoms with Gasteiger partial charge in [0.1, 0.15) is 4.99 Å². The zero-order valence-corrected chi connectivity index (χ0v) is 12.8. The van der Waals surface area contributed by atoms with Crippen LogP contribution in [0, 0.1) is 0 Å². The van der Waals surface area contributed by atoms with Gasteiger partial charge in [0.25, 0.3) is 0 Å². The van der Waals surface area contributed by atoms with Gasteiger partial charge in [0.2, 0.25) is 0 Å². The summed E-state index contributed by atoms with van der Waals surface area (Å²) >= 11 is 4.96. The van der Waals surface area contributed by atoms with Crippen molar-refractivity contribution in [2.75, 3.05) is 27.2 Å². The fraction of sp³-hybridized carbons (Fsp3) is 0.571. The van der Waals surface area contributed by atoms with Crippen molar-refractivity contribution in [1.29, 1.82) is 0 Å². The van der Waals surface area contributed by atoms with Crippen LogP contribution < -0.4 is 5.73 Å². The Morgan fingerprint density at radius 2 is 2.35 bits per heavy atom. The summed E-state index contributed by atoms with van der Waals surface area (Å²) in [4.78, 5) is 8.94. The zero-order chi connectivity index (χ0) is 14.7. The first-order chi connectivity index (χ1) is 9.45. The molecule has 0 spiro atoms. The Hall–Kier alpha value is -1.08. The molecule has 110 valence electrons. The Bertz CT molecular complexity index is 480. The molecule has 0 bridgehead atoms. The van der Waals surface area contributed by atoms with Crippen molar-refractivity contribution in [2.45, 2.75) is 25.1 Å². The third-order valence-electron chi connectivity index (χ3n) is 3.54. The molecular formula is C14H22N4OS. The van der Waals surface area contributed by atoms with Crippen molar-refractivity contribution in [3.63, 3.8) is 0 Å². The average molecular weight is 294 g/mol. The highest BCUT2D eigenvalue weighted by atomic mass is 32.1. The molecule has 2 unspecified atom stereocenters. The lowest BCUT2D eigenvalue weighted by Crippen LogP contribution is -2.37. The molecule has 1 saturated heterocycles. The van der Waals surface area contributed by atoms with Crippen LogP contribution in [-0.4, -0.2) is 64.2 Å². The second kappa shape index (κ2) is 6.58. The highest BCUT2D eigenvalue weighted by Gasteiger charge is 2.30. The number of thiocarbonyl (C=S) groups is 1. The molecule has 6 heteroatoms. The first kappa shape index (κ1) is 15.3. The number of nitrogens with zero attached hydrogens (tertiary/aromatic N) is 3. The van der Waals surface area contributed by atoms with Crippen LogP contribution >= 0.6 is 12.2 Å². The third-order valence-corrected chi connectivity index (χ3v) is 3.75. The predicted molar refractivity (Wildman–Crippen MR) is 83.5 cm³/mol. The molecule has 2 heterocycles. The van der Waals surface area contributed by atoms with Crippen molar-refractivity contribution in [3.05, 3.63) is 29.6 Å². The fourth-order valence-corrected chi connectivity index (χ4v) is 2.82. The smallest absolute Gasteiger partial charge is 0.122 e. The number of pyridine rings is 1. The Morgan fingerprint density at radius 1 is 1.60 bits per heavy atom. The minimum atomic E-state index is -0.239. The molecule has 0 radical (unpaired) electrons. The summed E-state index contributed by atoms with van der Waals surface area (Å²) in [5.74, 6) is 0. The van der Waals surface area contributed by atoms with Gasteiger partial charge in [0.15, 0.2) is 0 Å². The van der Waals surface area contributed by atoms with Crippen molar-refractivity contribution < 1.29 is 5.11 Å². The molecule has 3 N–H and O–H groups in total. The molecule has 0 saturated carbocycles. The maximum Gasteiger partial charge on any atom is 0.122 e. The van der Waals surface area contributed by atoms with Crippen LogP contribution in [0.25, 0.3) is 0 Å². The number of aliphatic hydroxyl groups is 1. The number of aliphatic hydroxyl groups excluding tert-OH is 1. The second-order valence-corrected chi connectivity index (χ2v) is 6.09. The van der Waals surface area contributed by atoms with E-state index in [9.17, 15) is 5.11 Å². The van der Waals surface area contributed by atoms with Gasteiger partial charge in [-0.3, -0.25) is 9.88 Å². The van der Waals surface area contributed by atoms with E-state index in [-0.39, 0.29) is 6.10 Å². The minimum Gasteiger partial charge on any atom is -0.392 e. The topological polar surface area (TPSA) is 65.6 Å². The monoisotopic (exact) mass is 294 g/mol. The summed E-state index contributed by atoms with van der Waals surface area (Å²) in [7, 11) is 4.11. The van der Waals surface area contributed by atoms with Gasteiger partial charge in [-0.15, -0.1) is 0 Å². The van der Waals surface area contributed by atoms with Gasteiger partial charge in [-0.1, -0.05) is 12.2 Å². The summed E-state index contributed by atoms with van der Waals surface area (Å²) in [6.07, 6.45) is 2.32. The average Bonchev–Trinajstić information content (AvgIpc) is 2.68. The van der Waals surface area contributed by atoms with Gasteiger partial charge in [-0.2, -0.15) is 0 Å². The van der Waals surface area contributed by atoms with Crippen LogP contribution in [0.1, 0.15) is 17.7 Å². The normalized spacial score (nSPS) is 23.4. The van der Waals surface area contributed by atoms with Gasteiger partial charge in [-0.05, 0) is 38.2 Å². The highest BCUT2D eigenvalue weighted by Crippen LogP contribution is 2.21. The number of likely N-dealkylation sites (tertiary alicyclic amines) is 1. The van der Waals surface area contributed by atoms with Gasteiger partial charge >= 0.3 is 0 Å².